The van der Waals surface area contributed by atoms with Gasteiger partial charge >= 0.3 is 0 Å². The van der Waals surface area contributed by atoms with E-state index >= 15 is 0 Å². The van der Waals surface area contributed by atoms with E-state index in [1.165, 1.54) is 121 Å². The van der Waals surface area contributed by atoms with Crippen molar-refractivity contribution in [2.45, 2.75) is 162 Å². The van der Waals surface area contributed by atoms with Gasteiger partial charge in [0.15, 0.2) is 0 Å². The Bertz CT molecular complexity index is 491. The molecule has 1 aliphatic heterocycles. The van der Waals surface area contributed by atoms with E-state index in [-0.39, 0.29) is 12.1 Å². The Morgan fingerprint density at radius 3 is 1.73 bits per heavy atom. The van der Waals surface area contributed by atoms with E-state index in [0.717, 1.165) is 25.9 Å². The Morgan fingerprint density at radius 1 is 0.758 bits per heavy atom. The molecular weight excluding hydrogens is 406 g/mol. The molecule has 0 spiro atoms. The molecule has 0 bridgehead atoms. The maximum atomic E-state index is 12.4. The normalized spacial score (nSPS) is 14.5. The lowest BCUT2D eigenvalue weighted by atomic mass is 10.1. The lowest BCUT2D eigenvalue weighted by molar-refractivity contribution is -0.122. The molecule has 0 radical (unpaired) electrons. The monoisotopic (exact) mass is 463 g/mol. The highest BCUT2D eigenvalue weighted by molar-refractivity contribution is 5.84. The minimum Gasteiger partial charge on any atom is -0.338 e. The summed E-state index contributed by atoms with van der Waals surface area (Å²) in [6, 6.07) is 0. The molecule has 1 amide bonds. The van der Waals surface area contributed by atoms with Crippen molar-refractivity contribution < 1.29 is 4.79 Å². The van der Waals surface area contributed by atoms with Gasteiger partial charge in [-0.1, -0.05) is 123 Å². The maximum Gasteiger partial charge on any atom is 0.221 e. The van der Waals surface area contributed by atoms with Crippen LogP contribution in [0.4, 0.5) is 0 Å². The fourth-order valence-corrected chi connectivity index (χ4v) is 4.90. The smallest absolute Gasteiger partial charge is 0.221 e. The Balaban J connectivity index is 2.04. The predicted molar refractivity (Wildman–Crippen MR) is 145 cm³/mol. The number of rotatable bonds is 23. The molecule has 194 valence electrons. The second kappa shape index (κ2) is 21.5. The summed E-state index contributed by atoms with van der Waals surface area (Å²) in [5.41, 5.74) is 0. The summed E-state index contributed by atoms with van der Waals surface area (Å²) in [5, 5.41) is 3.22. The fraction of sp³-hybridized carbons (Fsp3) is 0.931. The second-order valence-corrected chi connectivity index (χ2v) is 10.2. The average molecular weight is 464 g/mol. The zero-order chi connectivity index (χ0) is 24.0. The third-order valence-electron chi connectivity index (χ3n) is 7.07. The molecule has 0 fully saturated rings. The summed E-state index contributed by atoms with van der Waals surface area (Å²) in [5.74, 6) is 1.42. The van der Waals surface area contributed by atoms with Crippen molar-refractivity contribution in [3.05, 3.63) is 0 Å². The Hall–Kier alpha value is -1.06. The Kier molecular flexibility index (Phi) is 19.5. The molecule has 0 saturated heterocycles. The summed E-state index contributed by atoms with van der Waals surface area (Å²) >= 11 is 0. The number of carbonyl (C=O) groups excluding carboxylic acids is 1. The third-order valence-corrected chi connectivity index (χ3v) is 7.07. The molecule has 1 heterocycles. The molecule has 0 saturated carbocycles. The number of hydrogen-bond donors (Lipinski definition) is 1. The van der Waals surface area contributed by atoms with Crippen LogP contribution in [0.3, 0.4) is 0 Å². The summed E-state index contributed by atoms with van der Waals surface area (Å²) in [7, 11) is 0. The molecular formula is C29H57N3O. The van der Waals surface area contributed by atoms with E-state index in [1.807, 2.05) is 0 Å². The van der Waals surface area contributed by atoms with E-state index in [9.17, 15) is 4.79 Å². The van der Waals surface area contributed by atoms with Gasteiger partial charge in [-0.05, 0) is 19.8 Å². The van der Waals surface area contributed by atoms with Crippen LogP contribution in [0.2, 0.25) is 0 Å². The molecule has 1 unspecified atom stereocenters. The minimum atomic E-state index is 0.0698. The van der Waals surface area contributed by atoms with Crippen molar-refractivity contribution in [1.29, 1.82) is 0 Å². The highest BCUT2D eigenvalue weighted by Gasteiger charge is 2.22. The van der Waals surface area contributed by atoms with Gasteiger partial charge in [0.05, 0.1) is 12.7 Å². The number of carbonyl (C=O) groups is 1. The summed E-state index contributed by atoms with van der Waals surface area (Å²) < 4.78 is 0. The van der Waals surface area contributed by atoms with Crippen molar-refractivity contribution in [3.63, 3.8) is 0 Å². The molecule has 1 rings (SSSR count). The number of nitrogens with zero attached hydrogens (tertiary/aromatic N) is 2. The van der Waals surface area contributed by atoms with Crippen LogP contribution >= 0.6 is 0 Å². The van der Waals surface area contributed by atoms with Crippen LogP contribution in [0, 0.1) is 0 Å². The van der Waals surface area contributed by atoms with Gasteiger partial charge in [0.2, 0.25) is 5.91 Å². The standard InChI is InChI=1S/C29H57N3O/c1-4-6-8-10-12-14-16-17-19-21-23-28-30-25-26-32(28)27(3)31-29(33)24-22-20-18-15-13-11-9-7-5-2/h27H,4-26H2,1-3H3,(H,31,33). The molecule has 1 aliphatic rings. The number of nitrogens with one attached hydrogen (secondary N) is 1. The topological polar surface area (TPSA) is 44.7 Å². The van der Waals surface area contributed by atoms with Crippen LogP contribution in [0.15, 0.2) is 4.99 Å². The van der Waals surface area contributed by atoms with Crippen molar-refractivity contribution in [2.24, 2.45) is 4.99 Å². The molecule has 4 nitrogen and oxygen atoms in total. The Labute approximate surface area is 206 Å². The first-order valence-corrected chi connectivity index (χ1v) is 14.8. The summed E-state index contributed by atoms with van der Waals surface area (Å²) in [4.78, 5) is 19.4. The molecule has 1 N–H and O–H groups in total. The molecule has 0 aromatic carbocycles. The lowest BCUT2D eigenvalue weighted by Gasteiger charge is -2.28. The molecule has 33 heavy (non-hydrogen) atoms. The average Bonchev–Trinajstić information content (AvgIpc) is 3.28. The highest BCUT2D eigenvalue weighted by atomic mass is 16.1. The van der Waals surface area contributed by atoms with Crippen LogP contribution in [-0.4, -0.2) is 35.9 Å². The van der Waals surface area contributed by atoms with E-state index in [2.05, 4.69) is 31.0 Å². The minimum absolute atomic E-state index is 0.0698. The number of hydrogen-bond acceptors (Lipinski definition) is 3. The largest absolute Gasteiger partial charge is 0.338 e. The fourth-order valence-electron chi connectivity index (χ4n) is 4.90. The van der Waals surface area contributed by atoms with E-state index in [0.29, 0.717) is 6.42 Å². The van der Waals surface area contributed by atoms with Crippen LogP contribution in [0.1, 0.15) is 156 Å². The number of aliphatic imine (C=N–C) groups is 1. The van der Waals surface area contributed by atoms with Gasteiger partial charge < -0.3 is 10.2 Å². The van der Waals surface area contributed by atoms with Crippen molar-refractivity contribution >= 4 is 11.7 Å². The quantitative estimate of drug-likeness (QED) is 0.155. The van der Waals surface area contributed by atoms with Gasteiger partial charge in [0.1, 0.15) is 5.84 Å². The predicted octanol–water partition coefficient (Wildman–Crippen LogP) is 8.39. The van der Waals surface area contributed by atoms with Crippen LogP contribution in [-0.2, 0) is 4.79 Å². The maximum absolute atomic E-state index is 12.4. The Morgan fingerprint density at radius 2 is 1.21 bits per heavy atom. The van der Waals surface area contributed by atoms with Gasteiger partial charge in [-0.15, -0.1) is 0 Å². The SMILES string of the molecule is CCCCCCCCCCCCC1=NCCN1C(C)NC(=O)CCCCCCCCCCC. The van der Waals surface area contributed by atoms with Crippen LogP contribution in [0.5, 0.6) is 0 Å². The van der Waals surface area contributed by atoms with Crippen LogP contribution in [0.25, 0.3) is 0 Å². The molecule has 1 atom stereocenters. The van der Waals surface area contributed by atoms with E-state index < -0.39 is 0 Å². The second-order valence-electron chi connectivity index (χ2n) is 10.2. The molecule has 0 aliphatic carbocycles. The van der Waals surface area contributed by atoms with E-state index in [4.69, 9.17) is 4.99 Å². The summed E-state index contributed by atoms with van der Waals surface area (Å²) in [6.07, 6.45) is 27.1. The number of unbranched alkanes of at least 4 members (excludes halogenated alkanes) is 17. The van der Waals surface area contributed by atoms with Crippen LogP contribution < -0.4 is 5.32 Å². The van der Waals surface area contributed by atoms with Gasteiger partial charge in [-0.25, -0.2) is 0 Å². The zero-order valence-corrected chi connectivity index (χ0v) is 22.6. The van der Waals surface area contributed by atoms with Gasteiger partial charge in [0, 0.05) is 19.4 Å². The molecule has 0 aromatic rings. The van der Waals surface area contributed by atoms with Gasteiger partial charge in [-0.2, -0.15) is 0 Å². The number of amides is 1. The van der Waals surface area contributed by atoms with E-state index in [1.54, 1.807) is 0 Å². The van der Waals surface area contributed by atoms with Gasteiger partial charge in [0.25, 0.3) is 0 Å². The first kappa shape index (κ1) is 30.0. The van der Waals surface area contributed by atoms with Crippen molar-refractivity contribution in [2.75, 3.05) is 13.1 Å². The third kappa shape index (κ3) is 16.2. The van der Waals surface area contributed by atoms with Crippen molar-refractivity contribution in [3.8, 4) is 0 Å². The lowest BCUT2D eigenvalue weighted by Crippen LogP contribution is -2.47. The van der Waals surface area contributed by atoms with Gasteiger partial charge in [-0.3, -0.25) is 9.79 Å². The molecule has 4 heteroatoms. The molecule has 0 aromatic heterocycles. The number of amidine groups is 1. The first-order valence-electron chi connectivity index (χ1n) is 14.8. The highest BCUT2D eigenvalue weighted by Crippen LogP contribution is 2.15. The summed E-state index contributed by atoms with van der Waals surface area (Å²) in [6.45, 7) is 8.50. The first-order chi connectivity index (χ1) is 16.2. The van der Waals surface area contributed by atoms with Crippen molar-refractivity contribution in [1.82, 2.24) is 10.2 Å². The zero-order valence-electron chi connectivity index (χ0n) is 22.6.